The van der Waals surface area contributed by atoms with Gasteiger partial charge in [-0.1, -0.05) is 24.3 Å². The molecule has 0 saturated carbocycles. The van der Waals surface area contributed by atoms with Gasteiger partial charge in [-0.3, -0.25) is 0 Å². The van der Waals surface area contributed by atoms with Gasteiger partial charge in [0.2, 0.25) is 0 Å². The summed E-state index contributed by atoms with van der Waals surface area (Å²) in [6.07, 6.45) is 4.19. The Morgan fingerprint density at radius 3 is 2.75 bits per heavy atom. The molecule has 0 atom stereocenters. The zero-order valence-corrected chi connectivity index (χ0v) is 7.37. The summed E-state index contributed by atoms with van der Waals surface area (Å²) < 4.78 is 5.73. The van der Waals surface area contributed by atoms with Crippen LogP contribution in [0.3, 0.4) is 0 Å². The number of ether oxygens (including phenoxy) is 1. The van der Waals surface area contributed by atoms with E-state index in [0.29, 0.717) is 0 Å². The molecule has 1 aliphatic rings. The fraction of sp³-hybridized carbons (Fsp3) is 0.273. The van der Waals surface area contributed by atoms with Crippen LogP contribution in [0.25, 0.3) is 6.08 Å². The number of rotatable bonds is 0. The summed E-state index contributed by atoms with van der Waals surface area (Å²) >= 11 is 0. The fourth-order valence-electron chi connectivity index (χ4n) is 1.32. The molecule has 0 spiro atoms. The minimum atomic E-state index is -0.158. The first-order valence-electron chi connectivity index (χ1n) is 4.15. The first-order valence-corrected chi connectivity index (χ1v) is 4.15. The second kappa shape index (κ2) is 2.37. The molecule has 0 radical (unpaired) electrons. The maximum absolute atomic E-state index is 5.73. The van der Waals surface area contributed by atoms with Crippen LogP contribution in [0.2, 0.25) is 0 Å². The maximum Gasteiger partial charge on any atom is 0.127 e. The third-order valence-electron chi connectivity index (χ3n) is 1.96. The van der Waals surface area contributed by atoms with Gasteiger partial charge in [-0.25, -0.2) is 0 Å². The highest BCUT2D eigenvalue weighted by atomic mass is 16.5. The van der Waals surface area contributed by atoms with Gasteiger partial charge in [0, 0.05) is 5.56 Å². The van der Waals surface area contributed by atoms with Crippen molar-refractivity contribution in [1.29, 1.82) is 0 Å². The number of fused-ring (bicyclic) bond motifs is 1. The molecular weight excluding hydrogens is 148 g/mol. The molecule has 62 valence electrons. The van der Waals surface area contributed by atoms with Crippen LogP contribution in [-0.2, 0) is 0 Å². The predicted octanol–water partition coefficient (Wildman–Crippen LogP) is 2.87. The van der Waals surface area contributed by atoms with E-state index in [-0.39, 0.29) is 5.60 Å². The molecule has 0 aromatic heterocycles. The Morgan fingerprint density at radius 1 is 1.17 bits per heavy atom. The minimum Gasteiger partial charge on any atom is -0.483 e. The average molecular weight is 160 g/mol. The van der Waals surface area contributed by atoms with Gasteiger partial charge in [-0.15, -0.1) is 0 Å². The van der Waals surface area contributed by atoms with Gasteiger partial charge in [0.05, 0.1) is 0 Å². The van der Waals surface area contributed by atoms with E-state index in [4.69, 9.17) is 4.74 Å². The maximum atomic E-state index is 5.73. The monoisotopic (exact) mass is 160 g/mol. The molecule has 0 bridgehead atoms. The van der Waals surface area contributed by atoms with E-state index in [1.54, 1.807) is 0 Å². The summed E-state index contributed by atoms with van der Waals surface area (Å²) in [7, 11) is 0. The van der Waals surface area contributed by atoms with Gasteiger partial charge in [-0.05, 0) is 26.0 Å². The van der Waals surface area contributed by atoms with Crippen LogP contribution < -0.4 is 4.74 Å². The van der Waals surface area contributed by atoms with Gasteiger partial charge < -0.3 is 4.74 Å². The largest absolute Gasteiger partial charge is 0.483 e. The normalized spacial score (nSPS) is 18.2. The number of hydrogen-bond acceptors (Lipinski definition) is 1. The lowest BCUT2D eigenvalue weighted by Crippen LogP contribution is -2.27. The second-order valence-corrected chi connectivity index (χ2v) is 3.58. The molecule has 0 aliphatic carbocycles. The van der Waals surface area contributed by atoms with Crippen molar-refractivity contribution in [3.8, 4) is 5.75 Å². The SMILES string of the molecule is CC1(C)C=Cc2ccccc2O1. The zero-order valence-electron chi connectivity index (χ0n) is 7.37. The molecular formula is C11H12O. The molecule has 1 aromatic rings. The minimum absolute atomic E-state index is 0.158. The third kappa shape index (κ3) is 1.22. The van der Waals surface area contributed by atoms with Crippen molar-refractivity contribution >= 4 is 6.08 Å². The van der Waals surface area contributed by atoms with Crippen LogP contribution in [0, 0.1) is 0 Å². The summed E-state index contributed by atoms with van der Waals surface area (Å²) in [5, 5.41) is 0. The molecule has 1 aromatic carbocycles. The van der Waals surface area contributed by atoms with Crippen molar-refractivity contribution in [1.82, 2.24) is 0 Å². The van der Waals surface area contributed by atoms with Crippen molar-refractivity contribution in [2.45, 2.75) is 19.4 Å². The predicted molar refractivity (Wildman–Crippen MR) is 50.2 cm³/mol. The topological polar surface area (TPSA) is 9.23 Å². The zero-order chi connectivity index (χ0) is 8.60. The van der Waals surface area contributed by atoms with E-state index in [0.717, 1.165) is 11.3 Å². The smallest absolute Gasteiger partial charge is 0.127 e. The molecule has 0 N–H and O–H groups in total. The second-order valence-electron chi connectivity index (χ2n) is 3.58. The Morgan fingerprint density at radius 2 is 1.92 bits per heavy atom. The highest BCUT2D eigenvalue weighted by molar-refractivity contribution is 5.60. The van der Waals surface area contributed by atoms with Crippen LogP contribution in [0.1, 0.15) is 19.4 Å². The average Bonchev–Trinajstić information content (AvgIpc) is 2.02. The van der Waals surface area contributed by atoms with Gasteiger partial charge in [-0.2, -0.15) is 0 Å². The summed E-state index contributed by atoms with van der Waals surface area (Å²) in [4.78, 5) is 0. The molecule has 0 amide bonds. The Bertz CT molecular complexity index is 324. The van der Waals surface area contributed by atoms with Crippen molar-refractivity contribution in [3.05, 3.63) is 35.9 Å². The lowest BCUT2D eigenvalue weighted by atomic mass is 10.0. The van der Waals surface area contributed by atoms with Crippen LogP contribution >= 0.6 is 0 Å². The Balaban J connectivity index is 2.46. The number of hydrogen-bond donors (Lipinski definition) is 0. The number of para-hydroxylation sites is 1. The van der Waals surface area contributed by atoms with E-state index in [1.807, 2.05) is 18.2 Å². The first-order chi connectivity index (χ1) is 5.67. The molecule has 1 aliphatic heterocycles. The van der Waals surface area contributed by atoms with E-state index in [2.05, 4.69) is 32.1 Å². The molecule has 1 nitrogen and oxygen atoms in total. The molecule has 1 heteroatoms. The summed E-state index contributed by atoms with van der Waals surface area (Å²) in [6, 6.07) is 8.07. The Hall–Kier alpha value is -1.24. The van der Waals surface area contributed by atoms with Crippen molar-refractivity contribution in [2.75, 3.05) is 0 Å². The summed E-state index contributed by atoms with van der Waals surface area (Å²) in [5.41, 5.74) is 1.01. The lowest BCUT2D eigenvalue weighted by Gasteiger charge is -2.27. The quantitative estimate of drug-likeness (QED) is 0.567. The molecule has 0 saturated heterocycles. The summed E-state index contributed by atoms with van der Waals surface area (Å²) in [6.45, 7) is 4.11. The van der Waals surface area contributed by atoms with Gasteiger partial charge in [0.15, 0.2) is 0 Å². The van der Waals surface area contributed by atoms with Gasteiger partial charge >= 0.3 is 0 Å². The highest BCUT2D eigenvalue weighted by Gasteiger charge is 2.20. The van der Waals surface area contributed by atoms with E-state index in [1.165, 1.54) is 0 Å². The van der Waals surface area contributed by atoms with E-state index < -0.39 is 0 Å². The highest BCUT2D eigenvalue weighted by Crippen LogP contribution is 2.29. The van der Waals surface area contributed by atoms with Gasteiger partial charge in [0.1, 0.15) is 11.4 Å². The Kier molecular flexibility index (Phi) is 1.47. The first kappa shape index (κ1) is 7.41. The molecule has 2 rings (SSSR count). The molecule has 0 unspecified atom stereocenters. The summed E-state index contributed by atoms with van der Waals surface area (Å²) in [5.74, 6) is 0.977. The molecule has 12 heavy (non-hydrogen) atoms. The molecule has 1 heterocycles. The van der Waals surface area contributed by atoms with Crippen molar-refractivity contribution in [3.63, 3.8) is 0 Å². The van der Waals surface area contributed by atoms with Crippen molar-refractivity contribution in [2.24, 2.45) is 0 Å². The molecule has 0 fully saturated rings. The van der Waals surface area contributed by atoms with Crippen LogP contribution in [0.5, 0.6) is 5.75 Å². The Labute approximate surface area is 72.7 Å². The number of benzene rings is 1. The van der Waals surface area contributed by atoms with Gasteiger partial charge in [0.25, 0.3) is 0 Å². The van der Waals surface area contributed by atoms with Crippen LogP contribution in [-0.4, -0.2) is 5.60 Å². The van der Waals surface area contributed by atoms with Crippen LogP contribution in [0.15, 0.2) is 30.3 Å². The standard InChI is InChI=1S/C11H12O/c1-11(2)8-7-9-5-3-4-6-10(9)12-11/h3-8H,1-2H3. The van der Waals surface area contributed by atoms with Crippen LogP contribution in [0.4, 0.5) is 0 Å². The van der Waals surface area contributed by atoms with E-state index >= 15 is 0 Å². The lowest BCUT2D eigenvalue weighted by molar-refractivity contribution is 0.159. The third-order valence-corrected chi connectivity index (χ3v) is 1.96. The fourth-order valence-corrected chi connectivity index (χ4v) is 1.32. The van der Waals surface area contributed by atoms with Crippen molar-refractivity contribution < 1.29 is 4.74 Å². The van der Waals surface area contributed by atoms with E-state index in [9.17, 15) is 0 Å².